The van der Waals surface area contributed by atoms with Gasteiger partial charge in [-0.1, -0.05) is 11.6 Å². The van der Waals surface area contributed by atoms with Crippen LogP contribution in [-0.4, -0.2) is 10.8 Å². The second-order valence-electron chi connectivity index (χ2n) is 3.76. The summed E-state index contributed by atoms with van der Waals surface area (Å²) >= 11 is 0. The summed E-state index contributed by atoms with van der Waals surface area (Å²) in [5, 5.41) is 1.04. The van der Waals surface area contributed by atoms with Gasteiger partial charge in [-0.15, -0.1) is 0 Å². The highest BCUT2D eigenvalue weighted by atomic mass is 16.1. The molecule has 1 aromatic carbocycles. The van der Waals surface area contributed by atoms with E-state index in [2.05, 4.69) is 24.0 Å². The number of fused-ring (bicyclic) bond motifs is 1. The maximum absolute atomic E-state index is 11.3. The molecule has 0 unspecified atom stereocenters. The molecular formula is C12H13NO. The lowest BCUT2D eigenvalue weighted by Crippen LogP contribution is -1.89. The molecule has 0 amide bonds. The van der Waals surface area contributed by atoms with Gasteiger partial charge in [-0.2, -0.15) is 0 Å². The first-order valence-corrected chi connectivity index (χ1v) is 4.69. The monoisotopic (exact) mass is 187 g/mol. The number of aromatic nitrogens is 1. The fourth-order valence-electron chi connectivity index (χ4n) is 1.88. The van der Waals surface area contributed by atoms with Crippen LogP contribution in [0.4, 0.5) is 0 Å². The first-order valence-electron chi connectivity index (χ1n) is 4.69. The SMILES string of the molecule is CC(=O)c1c[nH]c2c(C)cc(C)cc12. The number of carbonyl (C=O) groups excluding carboxylic acids is 1. The molecule has 0 radical (unpaired) electrons. The Bertz CT molecular complexity index is 508. The quantitative estimate of drug-likeness (QED) is 0.684. The summed E-state index contributed by atoms with van der Waals surface area (Å²) in [5.74, 6) is 0.112. The van der Waals surface area contributed by atoms with Crippen LogP contribution in [0.5, 0.6) is 0 Å². The first-order chi connectivity index (χ1) is 6.59. The lowest BCUT2D eigenvalue weighted by Gasteiger charge is -1.99. The highest BCUT2D eigenvalue weighted by Gasteiger charge is 2.09. The summed E-state index contributed by atoms with van der Waals surface area (Å²) < 4.78 is 0. The Morgan fingerprint density at radius 3 is 2.64 bits per heavy atom. The number of hydrogen-bond acceptors (Lipinski definition) is 1. The molecule has 2 aromatic rings. The van der Waals surface area contributed by atoms with E-state index in [0.29, 0.717) is 0 Å². The van der Waals surface area contributed by atoms with Gasteiger partial charge in [-0.25, -0.2) is 0 Å². The Morgan fingerprint density at radius 2 is 2.00 bits per heavy atom. The van der Waals surface area contributed by atoms with E-state index in [1.54, 1.807) is 13.1 Å². The lowest BCUT2D eigenvalue weighted by atomic mass is 10.0. The Balaban J connectivity index is 2.85. The van der Waals surface area contributed by atoms with Gasteiger partial charge in [0.1, 0.15) is 0 Å². The topological polar surface area (TPSA) is 32.9 Å². The van der Waals surface area contributed by atoms with Crippen molar-refractivity contribution in [3.63, 3.8) is 0 Å². The molecule has 0 spiro atoms. The normalized spacial score (nSPS) is 10.8. The molecular weight excluding hydrogens is 174 g/mol. The number of rotatable bonds is 1. The molecule has 1 heterocycles. The largest absolute Gasteiger partial charge is 0.360 e. The van der Waals surface area contributed by atoms with Crippen LogP contribution >= 0.6 is 0 Å². The minimum Gasteiger partial charge on any atom is -0.360 e. The van der Waals surface area contributed by atoms with Crippen LogP contribution < -0.4 is 0 Å². The van der Waals surface area contributed by atoms with E-state index in [1.165, 1.54) is 11.1 Å². The van der Waals surface area contributed by atoms with E-state index in [-0.39, 0.29) is 5.78 Å². The van der Waals surface area contributed by atoms with Gasteiger partial charge in [0, 0.05) is 22.7 Å². The van der Waals surface area contributed by atoms with Gasteiger partial charge in [0.05, 0.1) is 0 Å². The zero-order valence-electron chi connectivity index (χ0n) is 8.64. The second kappa shape index (κ2) is 2.98. The molecule has 0 saturated carbocycles. The van der Waals surface area contributed by atoms with E-state index in [0.717, 1.165) is 16.5 Å². The molecule has 1 N–H and O–H groups in total. The van der Waals surface area contributed by atoms with Crippen molar-refractivity contribution in [2.24, 2.45) is 0 Å². The third kappa shape index (κ3) is 1.23. The van der Waals surface area contributed by atoms with Crippen molar-refractivity contribution in [3.8, 4) is 0 Å². The number of nitrogens with one attached hydrogen (secondary N) is 1. The van der Waals surface area contributed by atoms with Gasteiger partial charge in [0.15, 0.2) is 5.78 Å². The van der Waals surface area contributed by atoms with Crippen LogP contribution in [0.1, 0.15) is 28.4 Å². The average Bonchev–Trinajstić information content (AvgIpc) is 2.47. The smallest absolute Gasteiger partial charge is 0.161 e. The third-order valence-corrected chi connectivity index (χ3v) is 2.51. The van der Waals surface area contributed by atoms with Crippen LogP contribution in [0.3, 0.4) is 0 Å². The predicted octanol–water partition coefficient (Wildman–Crippen LogP) is 2.99. The lowest BCUT2D eigenvalue weighted by molar-refractivity contribution is 0.101. The third-order valence-electron chi connectivity index (χ3n) is 2.51. The molecule has 14 heavy (non-hydrogen) atoms. The van der Waals surface area contributed by atoms with Crippen molar-refractivity contribution in [1.29, 1.82) is 0 Å². The van der Waals surface area contributed by atoms with Crippen molar-refractivity contribution in [1.82, 2.24) is 4.98 Å². The molecule has 72 valence electrons. The fraction of sp³-hybridized carbons (Fsp3) is 0.250. The Hall–Kier alpha value is -1.57. The number of H-pyrrole nitrogens is 1. The summed E-state index contributed by atoms with van der Waals surface area (Å²) in [7, 11) is 0. The predicted molar refractivity (Wildman–Crippen MR) is 57.8 cm³/mol. The van der Waals surface area contributed by atoms with Gasteiger partial charge < -0.3 is 4.98 Å². The van der Waals surface area contributed by atoms with E-state index in [9.17, 15) is 4.79 Å². The molecule has 0 aliphatic rings. The standard InChI is InChI=1S/C12H13NO/c1-7-4-8(2)12-10(5-7)11(6-13-12)9(3)14/h4-6,13H,1-3H3. The molecule has 2 rings (SSSR count). The van der Waals surface area contributed by atoms with E-state index >= 15 is 0 Å². The van der Waals surface area contributed by atoms with Crippen LogP contribution in [0, 0.1) is 13.8 Å². The van der Waals surface area contributed by atoms with Crippen molar-refractivity contribution in [3.05, 3.63) is 35.0 Å². The molecule has 0 aliphatic heterocycles. The summed E-state index contributed by atoms with van der Waals surface area (Å²) in [5.41, 5.74) is 4.23. The minimum atomic E-state index is 0.112. The van der Waals surface area contributed by atoms with Crippen molar-refractivity contribution < 1.29 is 4.79 Å². The van der Waals surface area contributed by atoms with Gasteiger partial charge >= 0.3 is 0 Å². The maximum Gasteiger partial charge on any atom is 0.161 e. The molecule has 2 nitrogen and oxygen atoms in total. The summed E-state index contributed by atoms with van der Waals surface area (Å²) in [6, 6.07) is 4.16. The van der Waals surface area contributed by atoms with Crippen LogP contribution in [0.25, 0.3) is 10.9 Å². The van der Waals surface area contributed by atoms with Crippen molar-refractivity contribution in [2.45, 2.75) is 20.8 Å². The highest BCUT2D eigenvalue weighted by Crippen LogP contribution is 2.23. The van der Waals surface area contributed by atoms with Crippen molar-refractivity contribution >= 4 is 16.7 Å². The van der Waals surface area contributed by atoms with Gasteiger partial charge in [0.2, 0.25) is 0 Å². The Kier molecular flexibility index (Phi) is 1.92. The van der Waals surface area contributed by atoms with E-state index < -0.39 is 0 Å². The Morgan fingerprint density at radius 1 is 1.29 bits per heavy atom. The number of aryl methyl sites for hydroxylation is 2. The van der Waals surface area contributed by atoms with Gasteiger partial charge in [-0.05, 0) is 32.4 Å². The fourth-order valence-corrected chi connectivity index (χ4v) is 1.88. The van der Waals surface area contributed by atoms with Gasteiger partial charge in [0.25, 0.3) is 0 Å². The number of ketones is 1. The zero-order valence-corrected chi connectivity index (χ0v) is 8.64. The number of benzene rings is 1. The van der Waals surface area contributed by atoms with Gasteiger partial charge in [-0.3, -0.25) is 4.79 Å². The number of hydrogen-bond donors (Lipinski definition) is 1. The molecule has 0 fully saturated rings. The summed E-state index contributed by atoms with van der Waals surface area (Å²) in [6.07, 6.45) is 1.79. The first kappa shape index (κ1) is 9.00. The molecule has 1 aromatic heterocycles. The average molecular weight is 187 g/mol. The van der Waals surface area contributed by atoms with Crippen LogP contribution in [0.15, 0.2) is 18.3 Å². The zero-order chi connectivity index (χ0) is 10.3. The van der Waals surface area contributed by atoms with E-state index in [1.807, 2.05) is 6.92 Å². The minimum absolute atomic E-state index is 0.112. The molecule has 0 bridgehead atoms. The number of Topliss-reactive ketones (excluding diaryl/α,β-unsaturated/α-hetero) is 1. The molecule has 0 aliphatic carbocycles. The van der Waals surface area contributed by atoms with Crippen molar-refractivity contribution in [2.75, 3.05) is 0 Å². The second-order valence-corrected chi connectivity index (χ2v) is 3.76. The molecule has 2 heteroatoms. The number of carbonyl (C=O) groups is 1. The summed E-state index contributed by atoms with van der Waals surface area (Å²) in [4.78, 5) is 14.5. The molecule has 0 saturated heterocycles. The summed E-state index contributed by atoms with van der Waals surface area (Å²) in [6.45, 7) is 5.69. The molecule has 0 atom stereocenters. The maximum atomic E-state index is 11.3. The number of aromatic amines is 1. The van der Waals surface area contributed by atoms with Crippen LogP contribution in [0.2, 0.25) is 0 Å². The Labute approximate surface area is 82.9 Å². The highest BCUT2D eigenvalue weighted by molar-refractivity contribution is 6.07. The van der Waals surface area contributed by atoms with E-state index in [4.69, 9.17) is 0 Å². The van der Waals surface area contributed by atoms with Crippen LogP contribution in [-0.2, 0) is 0 Å².